The van der Waals surface area contributed by atoms with E-state index >= 15 is 0 Å². The van der Waals surface area contributed by atoms with Crippen molar-refractivity contribution < 1.29 is 23.8 Å². The molecule has 3 rings (SSSR count). The zero-order chi connectivity index (χ0) is 23.8. The van der Waals surface area contributed by atoms with Crippen LogP contribution in [0.2, 0.25) is 5.02 Å². The van der Waals surface area contributed by atoms with Gasteiger partial charge in [0.2, 0.25) is 0 Å². The van der Waals surface area contributed by atoms with Crippen LogP contribution >= 0.6 is 11.6 Å². The first-order valence-corrected chi connectivity index (χ1v) is 10.0. The smallest absolute Gasteiger partial charge is 0.343 e. The van der Waals surface area contributed by atoms with Gasteiger partial charge in [-0.2, -0.15) is 5.26 Å². The average molecular weight is 463 g/mol. The molecule has 7 nitrogen and oxygen atoms in total. The Hall–Kier alpha value is -4.28. The Morgan fingerprint density at radius 3 is 2.30 bits per heavy atom. The summed E-state index contributed by atoms with van der Waals surface area (Å²) in [5.74, 6) is -0.432. The van der Waals surface area contributed by atoms with Gasteiger partial charge in [-0.3, -0.25) is 4.79 Å². The van der Waals surface area contributed by atoms with E-state index in [9.17, 15) is 14.9 Å². The maximum absolute atomic E-state index is 12.5. The first kappa shape index (κ1) is 23.4. The first-order valence-electron chi connectivity index (χ1n) is 9.67. The van der Waals surface area contributed by atoms with E-state index in [0.29, 0.717) is 22.6 Å². The van der Waals surface area contributed by atoms with Gasteiger partial charge in [-0.1, -0.05) is 29.8 Å². The van der Waals surface area contributed by atoms with E-state index in [-0.39, 0.29) is 22.1 Å². The van der Waals surface area contributed by atoms with Crippen LogP contribution in [0.25, 0.3) is 6.08 Å². The molecule has 0 heterocycles. The third-order valence-corrected chi connectivity index (χ3v) is 4.76. The normalized spacial score (nSPS) is 10.7. The number of esters is 1. The predicted molar refractivity (Wildman–Crippen MR) is 125 cm³/mol. The quantitative estimate of drug-likeness (QED) is 0.226. The second-order valence-electron chi connectivity index (χ2n) is 6.64. The molecule has 3 aromatic rings. The average Bonchev–Trinajstić information content (AvgIpc) is 2.84. The minimum atomic E-state index is -0.638. The third-order valence-electron chi connectivity index (χ3n) is 4.48. The van der Waals surface area contributed by atoms with Crippen LogP contribution in [0.4, 0.5) is 5.69 Å². The fourth-order valence-electron chi connectivity index (χ4n) is 2.84. The lowest BCUT2D eigenvalue weighted by Crippen LogP contribution is -2.13. The van der Waals surface area contributed by atoms with Gasteiger partial charge in [0.05, 0.1) is 24.8 Å². The van der Waals surface area contributed by atoms with E-state index < -0.39 is 11.9 Å². The van der Waals surface area contributed by atoms with Gasteiger partial charge in [0.1, 0.15) is 17.4 Å². The fraction of sp³-hybridized carbons (Fsp3) is 0.0800. The Morgan fingerprint density at radius 1 is 1.00 bits per heavy atom. The summed E-state index contributed by atoms with van der Waals surface area (Å²) in [6.07, 6.45) is 1.36. The van der Waals surface area contributed by atoms with E-state index in [2.05, 4.69) is 5.32 Å². The molecule has 0 aliphatic carbocycles. The highest BCUT2D eigenvalue weighted by molar-refractivity contribution is 6.32. The highest BCUT2D eigenvalue weighted by Gasteiger charge is 2.18. The number of nitrogens with zero attached hydrogens (tertiary/aromatic N) is 1. The predicted octanol–water partition coefficient (Wildman–Crippen LogP) is 5.12. The number of carbonyl (C=O) groups is 2. The number of carbonyl (C=O) groups excluding carboxylic acids is 2. The van der Waals surface area contributed by atoms with E-state index in [4.69, 9.17) is 25.8 Å². The molecule has 3 aromatic carbocycles. The zero-order valence-corrected chi connectivity index (χ0v) is 18.6. The molecule has 0 spiro atoms. The van der Waals surface area contributed by atoms with Gasteiger partial charge >= 0.3 is 5.97 Å². The lowest BCUT2D eigenvalue weighted by molar-refractivity contribution is -0.112. The monoisotopic (exact) mass is 462 g/mol. The van der Waals surface area contributed by atoms with Crippen LogP contribution in [0.15, 0.2) is 72.3 Å². The summed E-state index contributed by atoms with van der Waals surface area (Å²) < 4.78 is 15.8. The maximum Gasteiger partial charge on any atom is 0.343 e. The molecule has 0 bridgehead atoms. The number of amides is 1. The third kappa shape index (κ3) is 5.91. The van der Waals surface area contributed by atoms with Crippen molar-refractivity contribution in [1.29, 1.82) is 5.26 Å². The van der Waals surface area contributed by atoms with Crippen molar-refractivity contribution in [2.24, 2.45) is 0 Å². The SMILES string of the molecule is COc1ccc(C(=O)Oc2c(Cl)cc(/C=C(\C#N)C(=O)Nc3ccccc3)cc2OC)cc1. The maximum atomic E-state index is 12.5. The molecule has 0 aliphatic heterocycles. The van der Waals surface area contributed by atoms with E-state index in [1.54, 1.807) is 48.5 Å². The molecule has 0 aliphatic rings. The second-order valence-corrected chi connectivity index (χ2v) is 7.05. The molecule has 1 amide bonds. The molecule has 0 radical (unpaired) electrons. The molecular formula is C25H19ClN2O5. The molecule has 166 valence electrons. The van der Waals surface area contributed by atoms with Gasteiger partial charge in [0.25, 0.3) is 5.91 Å². The van der Waals surface area contributed by atoms with Crippen molar-refractivity contribution in [1.82, 2.24) is 0 Å². The van der Waals surface area contributed by atoms with Gasteiger partial charge in [-0.05, 0) is 60.2 Å². The van der Waals surface area contributed by atoms with Crippen LogP contribution < -0.4 is 19.5 Å². The largest absolute Gasteiger partial charge is 0.497 e. The van der Waals surface area contributed by atoms with Crippen LogP contribution in [0, 0.1) is 11.3 Å². The molecule has 0 saturated carbocycles. The van der Waals surface area contributed by atoms with Crippen LogP contribution in [0.5, 0.6) is 17.2 Å². The van der Waals surface area contributed by atoms with Crippen LogP contribution in [0.1, 0.15) is 15.9 Å². The van der Waals surface area contributed by atoms with Crippen LogP contribution in [-0.2, 0) is 4.79 Å². The molecule has 0 aromatic heterocycles. The van der Waals surface area contributed by atoms with Crippen LogP contribution in [-0.4, -0.2) is 26.1 Å². The highest BCUT2D eigenvalue weighted by Crippen LogP contribution is 2.37. The van der Waals surface area contributed by atoms with E-state index in [1.165, 1.54) is 32.4 Å². The Labute approximate surface area is 195 Å². The van der Waals surface area contributed by atoms with Crippen molar-refractivity contribution in [2.75, 3.05) is 19.5 Å². The Kier molecular flexibility index (Phi) is 7.68. The van der Waals surface area contributed by atoms with E-state index in [1.807, 2.05) is 12.1 Å². The number of benzene rings is 3. The topological polar surface area (TPSA) is 97.7 Å². The second kappa shape index (κ2) is 10.8. The number of hydrogen-bond donors (Lipinski definition) is 1. The van der Waals surface area contributed by atoms with Crippen molar-refractivity contribution in [3.63, 3.8) is 0 Å². The number of rotatable bonds is 7. The number of nitrogens with one attached hydrogen (secondary N) is 1. The summed E-state index contributed by atoms with van der Waals surface area (Å²) >= 11 is 6.34. The first-order chi connectivity index (χ1) is 15.9. The van der Waals surface area contributed by atoms with Crippen molar-refractivity contribution in [3.8, 4) is 23.3 Å². The standard InChI is InChI=1S/C25H19ClN2O5/c1-31-20-10-8-17(9-11-20)25(30)33-23-21(26)13-16(14-22(23)32-2)12-18(15-27)24(29)28-19-6-4-3-5-7-19/h3-14H,1-2H3,(H,28,29)/b18-12+. The van der Waals surface area contributed by atoms with Crippen molar-refractivity contribution >= 4 is 35.2 Å². The van der Waals surface area contributed by atoms with Gasteiger partial charge in [0, 0.05) is 5.69 Å². The fourth-order valence-corrected chi connectivity index (χ4v) is 3.09. The summed E-state index contributed by atoms with van der Waals surface area (Å²) in [5, 5.41) is 12.2. The minimum Gasteiger partial charge on any atom is -0.497 e. The number of anilines is 1. The highest BCUT2D eigenvalue weighted by atomic mass is 35.5. The number of halogens is 1. The summed E-state index contributed by atoms with van der Waals surface area (Å²) in [5.41, 5.74) is 1.13. The molecule has 0 saturated heterocycles. The molecule has 1 N–H and O–H groups in total. The molecule has 0 atom stereocenters. The summed E-state index contributed by atoms with van der Waals surface area (Å²) in [6.45, 7) is 0. The summed E-state index contributed by atoms with van der Waals surface area (Å²) in [7, 11) is 2.91. The van der Waals surface area contributed by atoms with E-state index in [0.717, 1.165) is 0 Å². The number of hydrogen-bond acceptors (Lipinski definition) is 6. The van der Waals surface area contributed by atoms with Crippen molar-refractivity contribution in [2.45, 2.75) is 0 Å². The Bertz CT molecular complexity index is 1230. The Morgan fingerprint density at radius 2 is 1.70 bits per heavy atom. The summed E-state index contributed by atoms with van der Waals surface area (Å²) in [6, 6.07) is 20.0. The van der Waals surface area contributed by atoms with Gasteiger partial charge in [-0.15, -0.1) is 0 Å². The minimum absolute atomic E-state index is 0.0179. The Balaban J connectivity index is 1.84. The number of para-hydroxylation sites is 1. The van der Waals surface area contributed by atoms with Gasteiger partial charge in [-0.25, -0.2) is 4.79 Å². The lowest BCUT2D eigenvalue weighted by atomic mass is 10.1. The molecule has 0 fully saturated rings. The zero-order valence-electron chi connectivity index (χ0n) is 17.8. The molecule has 8 heteroatoms. The van der Waals surface area contributed by atoms with Gasteiger partial charge < -0.3 is 19.5 Å². The number of nitriles is 1. The molecule has 33 heavy (non-hydrogen) atoms. The van der Waals surface area contributed by atoms with Gasteiger partial charge in [0.15, 0.2) is 11.5 Å². The number of ether oxygens (including phenoxy) is 3. The van der Waals surface area contributed by atoms with Crippen LogP contribution in [0.3, 0.4) is 0 Å². The molecule has 0 unspecified atom stereocenters. The lowest BCUT2D eigenvalue weighted by Gasteiger charge is -2.12. The number of methoxy groups -OCH3 is 2. The molecular weight excluding hydrogens is 444 g/mol. The summed E-state index contributed by atoms with van der Waals surface area (Å²) in [4.78, 5) is 25.0. The van der Waals surface area contributed by atoms with Crippen molar-refractivity contribution in [3.05, 3.63) is 88.5 Å².